The van der Waals surface area contributed by atoms with Crippen molar-refractivity contribution in [2.45, 2.75) is 6.36 Å². The number of hydrogen-bond acceptors (Lipinski definition) is 4. The van der Waals surface area contributed by atoms with Crippen molar-refractivity contribution < 1.29 is 22.7 Å². The minimum absolute atomic E-state index is 0.124. The first-order valence-electron chi connectivity index (χ1n) is 5.28. The van der Waals surface area contributed by atoms with Gasteiger partial charge in [-0.15, -0.1) is 24.5 Å². The summed E-state index contributed by atoms with van der Waals surface area (Å²) >= 11 is 1.02. The maximum atomic E-state index is 12.4. The quantitative estimate of drug-likeness (QED) is 0.805. The lowest BCUT2D eigenvalue weighted by atomic mass is 10.1. The van der Waals surface area contributed by atoms with Gasteiger partial charge in [0.05, 0.1) is 0 Å². The number of aldehydes is 1. The third kappa shape index (κ3) is 3.16. The van der Waals surface area contributed by atoms with Crippen molar-refractivity contribution >= 4 is 17.6 Å². The highest BCUT2D eigenvalue weighted by Gasteiger charge is 2.32. The van der Waals surface area contributed by atoms with E-state index in [1.165, 1.54) is 24.3 Å². The number of thiophene rings is 1. The summed E-state index contributed by atoms with van der Waals surface area (Å²) in [6.07, 6.45) is -4.30. The first kappa shape index (κ1) is 14.1. The lowest BCUT2D eigenvalue weighted by Crippen LogP contribution is -2.17. The van der Waals surface area contributed by atoms with Crippen molar-refractivity contribution in [1.82, 2.24) is 0 Å². The van der Waals surface area contributed by atoms with E-state index < -0.39 is 12.1 Å². The van der Waals surface area contributed by atoms with Gasteiger partial charge in [-0.05, 0) is 30.3 Å². The number of nitriles is 1. The summed E-state index contributed by atoms with van der Waals surface area (Å²) in [5.41, 5.74) is 0.347. The Balaban J connectivity index is 2.52. The normalized spacial score (nSPS) is 10.9. The van der Waals surface area contributed by atoms with E-state index in [9.17, 15) is 18.0 Å². The molecular weight excluding hydrogens is 291 g/mol. The Morgan fingerprint density at radius 3 is 2.55 bits per heavy atom. The average Bonchev–Trinajstić information content (AvgIpc) is 2.86. The van der Waals surface area contributed by atoms with Crippen LogP contribution in [0.1, 0.15) is 15.2 Å². The molecule has 0 bridgehead atoms. The molecule has 3 nitrogen and oxygen atoms in total. The monoisotopic (exact) mass is 297 g/mol. The molecule has 0 fully saturated rings. The van der Waals surface area contributed by atoms with Crippen molar-refractivity contribution in [2.24, 2.45) is 0 Å². The predicted molar refractivity (Wildman–Crippen MR) is 66.5 cm³/mol. The second kappa shape index (κ2) is 5.35. The number of alkyl halides is 3. The van der Waals surface area contributed by atoms with E-state index in [0.29, 0.717) is 16.0 Å². The topological polar surface area (TPSA) is 50.1 Å². The minimum Gasteiger partial charge on any atom is -0.405 e. The van der Waals surface area contributed by atoms with E-state index in [0.717, 1.165) is 17.4 Å². The molecule has 0 unspecified atom stereocenters. The van der Waals surface area contributed by atoms with Gasteiger partial charge >= 0.3 is 6.36 Å². The maximum absolute atomic E-state index is 12.4. The molecule has 0 saturated carbocycles. The standard InChI is InChI=1S/C13H6F3NO2S/c14-13(15,16)19-11-3-1-8(7-18)5-10(11)12-4-2-9(6-17)20-12/h1-5,7H. The Kier molecular flexibility index (Phi) is 3.77. The molecule has 1 aromatic carbocycles. The molecule has 0 saturated heterocycles. The molecule has 2 rings (SSSR count). The van der Waals surface area contributed by atoms with Gasteiger partial charge < -0.3 is 4.74 Å². The van der Waals surface area contributed by atoms with Crippen LogP contribution in [0.4, 0.5) is 13.2 Å². The predicted octanol–water partition coefficient (Wildman–Crippen LogP) is 4.00. The van der Waals surface area contributed by atoms with E-state index in [1.54, 1.807) is 0 Å². The molecule has 0 amide bonds. The fourth-order valence-electron chi connectivity index (χ4n) is 1.57. The van der Waals surface area contributed by atoms with Crippen LogP contribution in [0.15, 0.2) is 30.3 Å². The Bertz CT molecular complexity index is 686. The molecule has 0 spiro atoms. The number of carbonyl (C=O) groups is 1. The molecule has 0 aliphatic carbocycles. The van der Waals surface area contributed by atoms with Crippen LogP contribution in [0.2, 0.25) is 0 Å². The fourth-order valence-corrected chi connectivity index (χ4v) is 2.39. The van der Waals surface area contributed by atoms with Crippen LogP contribution in [-0.2, 0) is 0 Å². The Morgan fingerprint density at radius 2 is 2.00 bits per heavy atom. The van der Waals surface area contributed by atoms with Crippen molar-refractivity contribution in [3.63, 3.8) is 0 Å². The van der Waals surface area contributed by atoms with Gasteiger partial charge in [0.2, 0.25) is 0 Å². The van der Waals surface area contributed by atoms with Gasteiger partial charge in [-0.2, -0.15) is 5.26 Å². The molecule has 102 valence electrons. The van der Waals surface area contributed by atoms with Crippen LogP contribution < -0.4 is 4.74 Å². The summed E-state index contributed by atoms with van der Waals surface area (Å²) in [6, 6.07) is 8.51. The van der Waals surface area contributed by atoms with Crippen molar-refractivity contribution in [1.29, 1.82) is 5.26 Å². The molecule has 1 heterocycles. The van der Waals surface area contributed by atoms with Crippen molar-refractivity contribution in [3.05, 3.63) is 40.8 Å². The van der Waals surface area contributed by atoms with Gasteiger partial charge in [0.15, 0.2) is 0 Å². The largest absolute Gasteiger partial charge is 0.573 e. The van der Waals surface area contributed by atoms with Crippen LogP contribution >= 0.6 is 11.3 Å². The van der Waals surface area contributed by atoms with Gasteiger partial charge in [0.1, 0.15) is 23.0 Å². The minimum atomic E-state index is -4.83. The molecule has 0 atom stereocenters. The summed E-state index contributed by atoms with van der Waals surface area (Å²) in [6.45, 7) is 0. The average molecular weight is 297 g/mol. The molecule has 0 aliphatic rings. The molecule has 1 aromatic heterocycles. The Hall–Kier alpha value is -2.33. The lowest BCUT2D eigenvalue weighted by molar-refractivity contribution is -0.274. The van der Waals surface area contributed by atoms with Gasteiger partial charge in [0.25, 0.3) is 0 Å². The highest BCUT2D eigenvalue weighted by Crippen LogP contribution is 2.37. The Labute approximate surface area is 115 Å². The zero-order valence-electron chi connectivity index (χ0n) is 9.77. The summed E-state index contributed by atoms with van der Waals surface area (Å²) in [4.78, 5) is 11.5. The van der Waals surface area contributed by atoms with Crippen LogP contribution in [0.3, 0.4) is 0 Å². The van der Waals surface area contributed by atoms with Crippen molar-refractivity contribution in [2.75, 3.05) is 0 Å². The number of halogens is 3. The number of rotatable bonds is 3. The first-order chi connectivity index (χ1) is 9.43. The van der Waals surface area contributed by atoms with E-state index in [-0.39, 0.29) is 11.1 Å². The summed E-state index contributed by atoms with van der Waals surface area (Å²) < 4.78 is 41.0. The van der Waals surface area contributed by atoms with Crippen molar-refractivity contribution in [3.8, 4) is 22.3 Å². The smallest absolute Gasteiger partial charge is 0.405 e. The van der Waals surface area contributed by atoms with Gasteiger partial charge in [-0.1, -0.05) is 0 Å². The van der Waals surface area contributed by atoms with Gasteiger partial charge in [-0.3, -0.25) is 4.79 Å². The van der Waals surface area contributed by atoms with Crippen LogP contribution in [0.25, 0.3) is 10.4 Å². The number of ether oxygens (including phenoxy) is 1. The fraction of sp³-hybridized carbons (Fsp3) is 0.0769. The van der Waals surface area contributed by atoms with Crippen LogP contribution in [-0.4, -0.2) is 12.6 Å². The number of hydrogen-bond donors (Lipinski definition) is 0. The summed E-state index contributed by atoms with van der Waals surface area (Å²) in [5, 5.41) is 8.75. The van der Waals surface area contributed by atoms with E-state index >= 15 is 0 Å². The van der Waals surface area contributed by atoms with Crippen LogP contribution in [0.5, 0.6) is 5.75 Å². The molecule has 2 aromatic rings. The third-order valence-corrected chi connectivity index (χ3v) is 3.37. The lowest BCUT2D eigenvalue weighted by Gasteiger charge is -2.12. The summed E-state index contributed by atoms with van der Waals surface area (Å²) in [5.74, 6) is -0.408. The van der Waals surface area contributed by atoms with E-state index in [4.69, 9.17) is 5.26 Å². The number of benzene rings is 1. The third-order valence-electron chi connectivity index (χ3n) is 2.35. The molecule has 7 heteroatoms. The molecule has 0 aliphatic heterocycles. The number of nitrogens with zero attached hydrogens (tertiary/aromatic N) is 1. The SMILES string of the molecule is N#Cc1ccc(-c2cc(C=O)ccc2OC(F)(F)F)s1. The van der Waals surface area contributed by atoms with E-state index in [1.807, 2.05) is 6.07 Å². The Morgan fingerprint density at radius 1 is 1.25 bits per heavy atom. The second-order valence-corrected chi connectivity index (χ2v) is 4.78. The highest BCUT2D eigenvalue weighted by atomic mass is 32.1. The molecule has 0 radical (unpaired) electrons. The van der Waals surface area contributed by atoms with E-state index in [2.05, 4.69) is 4.74 Å². The summed E-state index contributed by atoms with van der Waals surface area (Å²) in [7, 11) is 0. The maximum Gasteiger partial charge on any atom is 0.573 e. The molecule has 0 N–H and O–H groups in total. The highest BCUT2D eigenvalue weighted by molar-refractivity contribution is 7.16. The molecule has 20 heavy (non-hydrogen) atoms. The van der Waals surface area contributed by atoms with Gasteiger partial charge in [0, 0.05) is 16.0 Å². The van der Waals surface area contributed by atoms with Gasteiger partial charge in [-0.25, -0.2) is 0 Å². The van der Waals surface area contributed by atoms with Crippen LogP contribution in [0, 0.1) is 11.3 Å². The molecular formula is C13H6F3NO2S. The number of carbonyl (C=O) groups excluding carboxylic acids is 1. The second-order valence-electron chi connectivity index (χ2n) is 3.70. The zero-order chi connectivity index (χ0) is 14.8. The zero-order valence-corrected chi connectivity index (χ0v) is 10.6. The first-order valence-corrected chi connectivity index (χ1v) is 6.10.